The number of rotatable bonds is 4. The molecule has 0 aliphatic carbocycles. The molecule has 0 bridgehead atoms. The van der Waals surface area contributed by atoms with Crippen molar-refractivity contribution in [2.45, 2.75) is 6.92 Å². The zero-order valence-electron chi connectivity index (χ0n) is 16.6. The molecule has 0 atom stereocenters. The standard InChI is InChI=1S/C23H15ClN2O5S/c1-12-14(5-4-6-15(12)22(29)30)19-10-9-13(31-19)11-16-20(27)25-23(32)26(21(16)28)18-8-3-2-7-17(18)24/h2-11H,1H3,(H,29,30)(H,25,27,32). The van der Waals surface area contributed by atoms with Gasteiger partial charge in [-0.15, -0.1) is 0 Å². The number of amides is 2. The number of hydrogen-bond acceptors (Lipinski definition) is 5. The van der Waals surface area contributed by atoms with Gasteiger partial charge in [0.25, 0.3) is 11.8 Å². The van der Waals surface area contributed by atoms with E-state index in [4.69, 9.17) is 28.2 Å². The van der Waals surface area contributed by atoms with Crippen molar-refractivity contribution in [2.75, 3.05) is 4.90 Å². The average Bonchev–Trinajstić information content (AvgIpc) is 3.20. The van der Waals surface area contributed by atoms with Gasteiger partial charge in [0.1, 0.15) is 17.1 Å². The minimum atomic E-state index is -1.04. The Morgan fingerprint density at radius 2 is 1.88 bits per heavy atom. The van der Waals surface area contributed by atoms with Crippen molar-refractivity contribution in [1.82, 2.24) is 5.32 Å². The first-order valence-electron chi connectivity index (χ1n) is 9.37. The number of halogens is 1. The SMILES string of the molecule is Cc1c(C(=O)O)cccc1-c1ccc(C=C2C(=O)NC(=S)N(c3ccccc3Cl)C2=O)o1. The van der Waals surface area contributed by atoms with E-state index in [1.165, 1.54) is 12.1 Å². The van der Waals surface area contributed by atoms with Crippen LogP contribution in [0.3, 0.4) is 0 Å². The topological polar surface area (TPSA) is 99.8 Å². The van der Waals surface area contributed by atoms with Gasteiger partial charge in [-0.25, -0.2) is 4.79 Å². The van der Waals surface area contributed by atoms with E-state index >= 15 is 0 Å². The molecule has 9 heteroatoms. The van der Waals surface area contributed by atoms with Crippen LogP contribution >= 0.6 is 23.8 Å². The van der Waals surface area contributed by atoms with E-state index in [1.54, 1.807) is 55.5 Å². The van der Waals surface area contributed by atoms with Crippen molar-refractivity contribution in [3.63, 3.8) is 0 Å². The Bertz CT molecular complexity index is 1330. The molecule has 2 amide bonds. The largest absolute Gasteiger partial charge is 0.478 e. The van der Waals surface area contributed by atoms with Crippen LogP contribution in [0, 0.1) is 6.92 Å². The normalized spacial score (nSPS) is 15.2. The summed E-state index contributed by atoms with van der Waals surface area (Å²) in [4.78, 5) is 38.1. The molecule has 1 aromatic heterocycles. The lowest BCUT2D eigenvalue weighted by atomic mass is 10.0. The molecule has 1 saturated heterocycles. The zero-order valence-corrected chi connectivity index (χ0v) is 18.2. The molecule has 1 fully saturated rings. The van der Waals surface area contributed by atoms with Gasteiger partial charge in [0.2, 0.25) is 0 Å². The van der Waals surface area contributed by atoms with Crippen molar-refractivity contribution in [1.29, 1.82) is 0 Å². The van der Waals surface area contributed by atoms with Crippen LogP contribution in [0.5, 0.6) is 0 Å². The summed E-state index contributed by atoms with van der Waals surface area (Å²) in [5.74, 6) is -1.71. The quantitative estimate of drug-likeness (QED) is 0.335. The number of benzene rings is 2. The predicted molar refractivity (Wildman–Crippen MR) is 123 cm³/mol. The third-order valence-electron chi connectivity index (χ3n) is 4.94. The minimum Gasteiger partial charge on any atom is -0.478 e. The maximum absolute atomic E-state index is 13.1. The third-order valence-corrected chi connectivity index (χ3v) is 5.54. The molecular weight excluding hydrogens is 452 g/mol. The summed E-state index contributed by atoms with van der Waals surface area (Å²) < 4.78 is 5.80. The van der Waals surface area contributed by atoms with E-state index < -0.39 is 17.8 Å². The molecule has 160 valence electrons. The number of hydrogen-bond donors (Lipinski definition) is 2. The second-order valence-corrected chi connectivity index (χ2v) is 7.69. The fraction of sp³-hybridized carbons (Fsp3) is 0.0435. The van der Waals surface area contributed by atoms with Gasteiger partial charge in [-0.05, 0) is 61.1 Å². The minimum absolute atomic E-state index is 0.0773. The summed E-state index contributed by atoms with van der Waals surface area (Å²) in [6.07, 6.45) is 1.31. The van der Waals surface area contributed by atoms with Crippen molar-refractivity contribution in [3.05, 3.63) is 82.1 Å². The van der Waals surface area contributed by atoms with E-state index in [2.05, 4.69) is 5.32 Å². The van der Waals surface area contributed by atoms with Crippen molar-refractivity contribution in [3.8, 4) is 11.3 Å². The number of thiocarbonyl (C=S) groups is 1. The Hall–Kier alpha value is -3.75. The highest BCUT2D eigenvalue weighted by molar-refractivity contribution is 7.80. The zero-order chi connectivity index (χ0) is 23.0. The molecule has 4 rings (SSSR count). The number of carbonyl (C=O) groups excluding carboxylic acids is 2. The second-order valence-electron chi connectivity index (χ2n) is 6.89. The van der Waals surface area contributed by atoms with E-state index in [1.807, 2.05) is 0 Å². The Morgan fingerprint density at radius 1 is 1.12 bits per heavy atom. The Labute approximate surface area is 192 Å². The second kappa shape index (κ2) is 8.41. The first-order chi connectivity index (χ1) is 15.3. The van der Waals surface area contributed by atoms with Crippen LogP contribution in [0.4, 0.5) is 5.69 Å². The summed E-state index contributed by atoms with van der Waals surface area (Å²) in [6.45, 7) is 1.68. The van der Waals surface area contributed by atoms with Gasteiger partial charge >= 0.3 is 5.97 Å². The van der Waals surface area contributed by atoms with Crippen molar-refractivity contribution in [2.24, 2.45) is 0 Å². The summed E-state index contributed by atoms with van der Waals surface area (Å²) >= 11 is 11.4. The van der Waals surface area contributed by atoms with Gasteiger partial charge < -0.3 is 9.52 Å². The van der Waals surface area contributed by atoms with Gasteiger partial charge in [0, 0.05) is 5.56 Å². The third kappa shape index (κ3) is 3.81. The van der Waals surface area contributed by atoms with Gasteiger partial charge in [-0.2, -0.15) is 0 Å². The summed E-state index contributed by atoms with van der Waals surface area (Å²) in [5.41, 5.74) is 1.44. The first kappa shape index (κ1) is 21.5. The fourth-order valence-electron chi connectivity index (χ4n) is 3.36. The van der Waals surface area contributed by atoms with Gasteiger partial charge in [0.15, 0.2) is 5.11 Å². The molecule has 2 aromatic carbocycles. The van der Waals surface area contributed by atoms with E-state index in [0.717, 1.165) is 4.90 Å². The molecule has 0 saturated carbocycles. The molecule has 1 aliphatic rings. The monoisotopic (exact) mass is 466 g/mol. The highest BCUT2D eigenvalue weighted by atomic mass is 35.5. The average molecular weight is 467 g/mol. The molecule has 2 heterocycles. The fourth-order valence-corrected chi connectivity index (χ4v) is 3.86. The van der Waals surface area contributed by atoms with Crippen LogP contribution in [0.1, 0.15) is 21.7 Å². The van der Waals surface area contributed by atoms with Crippen LogP contribution < -0.4 is 10.2 Å². The Kier molecular flexibility index (Phi) is 5.65. The highest BCUT2D eigenvalue weighted by Gasteiger charge is 2.35. The molecule has 1 aliphatic heterocycles. The van der Waals surface area contributed by atoms with Gasteiger partial charge in [-0.1, -0.05) is 35.9 Å². The highest BCUT2D eigenvalue weighted by Crippen LogP contribution is 2.31. The number of aromatic carboxylic acids is 1. The number of furan rings is 1. The number of nitrogens with one attached hydrogen (secondary N) is 1. The molecular formula is C23H15ClN2O5S. The smallest absolute Gasteiger partial charge is 0.335 e. The molecule has 2 N–H and O–H groups in total. The number of para-hydroxylation sites is 1. The van der Waals surface area contributed by atoms with Crippen molar-refractivity contribution < 1.29 is 23.9 Å². The maximum atomic E-state index is 13.1. The summed E-state index contributed by atoms with van der Waals surface area (Å²) in [5, 5.41) is 12.0. The summed E-state index contributed by atoms with van der Waals surface area (Å²) in [7, 11) is 0. The van der Waals surface area contributed by atoms with Gasteiger partial charge in [-0.3, -0.25) is 19.8 Å². The molecule has 3 aromatic rings. The van der Waals surface area contributed by atoms with E-state index in [-0.39, 0.29) is 22.0 Å². The molecule has 32 heavy (non-hydrogen) atoms. The molecule has 0 unspecified atom stereocenters. The van der Waals surface area contributed by atoms with Crippen LogP contribution in [-0.4, -0.2) is 28.0 Å². The molecule has 0 radical (unpaired) electrons. The van der Waals surface area contributed by atoms with Crippen LogP contribution in [0.2, 0.25) is 5.02 Å². The lowest BCUT2D eigenvalue weighted by molar-refractivity contribution is -0.122. The first-order valence-corrected chi connectivity index (χ1v) is 10.2. The molecule has 0 spiro atoms. The Balaban J connectivity index is 1.71. The number of nitrogens with zero attached hydrogens (tertiary/aromatic N) is 1. The Morgan fingerprint density at radius 3 is 2.59 bits per heavy atom. The van der Waals surface area contributed by atoms with Gasteiger partial charge in [0.05, 0.1) is 16.3 Å². The van der Waals surface area contributed by atoms with E-state index in [0.29, 0.717) is 27.6 Å². The maximum Gasteiger partial charge on any atom is 0.335 e. The summed E-state index contributed by atoms with van der Waals surface area (Å²) in [6, 6.07) is 14.7. The predicted octanol–water partition coefficient (Wildman–Crippen LogP) is 4.44. The number of carbonyl (C=O) groups is 3. The number of anilines is 1. The molecule has 7 nitrogen and oxygen atoms in total. The lowest BCUT2D eigenvalue weighted by Crippen LogP contribution is -2.54. The number of carboxylic acid groups (broad SMARTS) is 1. The van der Waals surface area contributed by atoms with Crippen LogP contribution in [-0.2, 0) is 9.59 Å². The van der Waals surface area contributed by atoms with Crippen LogP contribution in [0.25, 0.3) is 17.4 Å². The van der Waals surface area contributed by atoms with Crippen LogP contribution in [0.15, 0.2) is 64.6 Å². The van der Waals surface area contributed by atoms with Crippen molar-refractivity contribution >= 4 is 58.5 Å². The number of carboxylic acids is 1. The van der Waals surface area contributed by atoms with E-state index in [9.17, 15) is 19.5 Å². The lowest BCUT2D eigenvalue weighted by Gasteiger charge is -2.29.